The molecule has 0 spiro atoms. The van der Waals surface area contributed by atoms with E-state index in [-0.39, 0.29) is 10.7 Å². The van der Waals surface area contributed by atoms with Crippen molar-refractivity contribution in [3.8, 4) is 5.75 Å². The summed E-state index contributed by atoms with van der Waals surface area (Å²) in [4.78, 5) is 12.4. The minimum Gasteiger partial charge on any atom is -0.494 e. The van der Waals surface area contributed by atoms with E-state index in [1.807, 2.05) is 0 Å². The summed E-state index contributed by atoms with van der Waals surface area (Å²) in [7, 11) is 1.47. The molecule has 9 heteroatoms. The summed E-state index contributed by atoms with van der Waals surface area (Å²) < 4.78 is 19.0. The fourth-order valence-electron chi connectivity index (χ4n) is 2.65. The number of carbonyl (C=O) groups is 1. The van der Waals surface area contributed by atoms with Gasteiger partial charge in [0, 0.05) is 5.69 Å². The average Bonchev–Trinajstić information content (AvgIpc) is 2.69. The summed E-state index contributed by atoms with van der Waals surface area (Å²) in [5, 5.41) is 9.53. The van der Waals surface area contributed by atoms with Gasteiger partial charge in [-0.25, -0.2) is 4.39 Å². The summed E-state index contributed by atoms with van der Waals surface area (Å²) in [5.74, 6) is -0.815. The van der Waals surface area contributed by atoms with Crippen LogP contribution in [0.4, 0.5) is 21.5 Å². The molecule has 0 radical (unpaired) electrons. The first kappa shape index (κ1) is 21.8. The van der Waals surface area contributed by atoms with Crippen LogP contribution in [0.5, 0.6) is 5.75 Å². The second kappa shape index (κ2) is 9.75. The van der Waals surface area contributed by atoms with Crippen molar-refractivity contribution in [1.82, 2.24) is 0 Å². The maximum Gasteiger partial charge on any atom is 0.258 e. The van der Waals surface area contributed by atoms with Crippen molar-refractivity contribution in [1.29, 1.82) is 0 Å². The third-order valence-electron chi connectivity index (χ3n) is 4.00. The summed E-state index contributed by atoms with van der Waals surface area (Å²) in [6.45, 7) is 0. The Kier molecular flexibility index (Phi) is 7.10. The number of hydrogen-bond donors (Lipinski definition) is 3. The largest absolute Gasteiger partial charge is 0.494 e. The Hall–Kier alpha value is -2.87. The van der Waals surface area contributed by atoms with Gasteiger partial charge in [-0.2, -0.15) is 0 Å². The van der Waals surface area contributed by atoms with E-state index in [0.717, 1.165) is 0 Å². The van der Waals surface area contributed by atoms with E-state index in [1.54, 1.807) is 42.5 Å². The van der Waals surface area contributed by atoms with Crippen molar-refractivity contribution >= 4 is 63.5 Å². The van der Waals surface area contributed by atoms with Gasteiger partial charge in [0.05, 0.1) is 34.1 Å². The van der Waals surface area contributed by atoms with Gasteiger partial charge in [0.2, 0.25) is 0 Å². The van der Waals surface area contributed by atoms with E-state index in [9.17, 15) is 9.18 Å². The van der Waals surface area contributed by atoms with Crippen LogP contribution in [0.15, 0.2) is 60.7 Å². The Morgan fingerprint density at radius 2 is 1.50 bits per heavy atom. The van der Waals surface area contributed by atoms with Crippen LogP contribution in [0, 0.1) is 5.82 Å². The molecular weight excluding hydrogens is 448 g/mol. The summed E-state index contributed by atoms with van der Waals surface area (Å²) in [6, 6.07) is 15.9. The van der Waals surface area contributed by atoms with Crippen LogP contribution in [-0.4, -0.2) is 18.1 Å². The number of para-hydroxylation sites is 2. The summed E-state index contributed by atoms with van der Waals surface area (Å²) in [5.41, 5.74) is 1.44. The number of amides is 1. The van der Waals surface area contributed by atoms with Gasteiger partial charge in [-0.1, -0.05) is 47.5 Å². The molecule has 0 bridgehead atoms. The van der Waals surface area contributed by atoms with Crippen LogP contribution in [-0.2, 0) is 0 Å². The lowest BCUT2D eigenvalue weighted by atomic mass is 10.2. The Labute approximate surface area is 188 Å². The number of rotatable bonds is 5. The van der Waals surface area contributed by atoms with Crippen molar-refractivity contribution in [3.63, 3.8) is 0 Å². The molecule has 0 saturated heterocycles. The van der Waals surface area contributed by atoms with Gasteiger partial charge in [-0.15, -0.1) is 0 Å². The topological polar surface area (TPSA) is 62.4 Å². The molecule has 3 N–H and O–H groups in total. The molecule has 0 aromatic heterocycles. The van der Waals surface area contributed by atoms with Gasteiger partial charge in [0.1, 0.15) is 5.82 Å². The molecule has 0 unspecified atom stereocenters. The van der Waals surface area contributed by atoms with Crippen LogP contribution in [0.3, 0.4) is 0 Å². The minimum absolute atomic E-state index is 0.0597. The first-order chi connectivity index (χ1) is 14.4. The minimum atomic E-state index is -0.606. The molecule has 3 rings (SSSR count). The van der Waals surface area contributed by atoms with Crippen molar-refractivity contribution < 1.29 is 13.9 Å². The number of thiocarbonyl (C=S) groups is 1. The standard InChI is InChI=1S/C21H16Cl2FN3O2S/c1-29-19-14(22)10-12(11-15(19)23)25-21(30)27-18-9-5-4-8-17(18)26-20(28)13-6-2-3-7-16(13)24/h2-11H,1H3,(H,26,28)(H2,25,27,30). The molecule has 3 aromatic rings. The molecule has 1 amide bonds. The van der Waals surface area contributed by atoms with Gasteiger partial charge < -0.3 is 20.7 Å². The molecule has 0 atom stereocenters. The van der Waals surface area contributed by atoms with E-state index >= 15 is 0 Å². The zero-order valence-corrected chi connectivity index (χ0v) is 18.0. The molecule has 3 aromatic carbocycles. The van der Waals surface area contributed by atoms with Crippen molar-refractivity contribution in [3.05, 3.63) is 82.1 Å². The Morgan fingerprint density at radius 3 is 2.10 bits per heavy atom. The number of anilines is 3. The third-order valence-corrected chi connectivity index (χ3v) is 4.77. The normalized spacial score (nSPS) is 10.3. The van der Waals surface area contributed by atoms with E-state index in [4.69, 9.17) is 40.2 Å². The number of methoxy groups -OCH3 is 1. The Bertz CT molecular complexity index is 1090. The number of ether oxygens (including phenoxy) is 1. The highest BCUT2D eigenvalue weighted by molar-refractivity contribution is 7.80. The summed E-state index contributed by atoms with van der Waals surface area (Å²) in [6.07, 6.45) is 0. The van der Waals surface area contributed by atoms with Crippen LogP contribution < -0.4 is 20.7 Å². The predicted molar refractivity (Wildman–Crippen MR) is 124 cm³/mol. The van der Waals surface area contributed by atoms with Gasteiger partial charge in [-0.05, 0) is 48.6 Å². The number of carbonyl (C=O) groups excluding carboxylic acids is 1. The highest BCUT2D eigenvalue weighted by Gasteiger charge is 2.14. The van der Waals surface area contributed by atoms with Gasteiger partial charge in [0.15, 0.2) is 10.9 Å². The lowest BCUT2D eigenvalue weighted by Crippen LogP contribution is -2.21. The first-order valence-corrected chi connectivity index (χ1v) is 9.81. The molecule has 0 aliphatic carbocycles. The maximum absolute atomic E-state index is 13.9. The summed E-state index contributed by atoms with van der Waals surface area (Å²) >= 11 is 17.6. The molecule has 0 heterocycles. The van der Waals surface area contributed by atoms with Crippen LogP contribution in [0.2, 0.25) is 10.0 Å². The molecule has 0 aliphatic rings. The SMILES string of the molecule is COc1c(Cl)cc(NC(=S)Nc2ccccc2NC(=O)c2ccccc2F)cc1Cl. The van der Waals surface area contributed by atoms with Gasteiger partial charge in [0.25, 0.3) is 5.91 Å². The number of benzene rings is 3. The van der Waals surface area contributed by atoms with E-state index in [2.05, 4.69) is 16.0 Å². The lowest BCUT2D eigenvalue weighted by Gasteiger charge is -2.16. The van der Waals surface area contributed by atoms with Crippen molar-refractivity contribution in [2.24, 2.45) is 0 Å². The fraction of sp³-hybridized carbons (Fsp3) is 0.0476. The molecular formula is C21H16Cl2FN3O2S. The molecule has 5 nitrogen and oxygen atoms in total. The molecule has 0 aliphatic heterocycles. The van der Waals surface area contributed by atoms with E-state index in [1.165, 1.54) is 25.3 Å². The molecule has 0 fully saturated rings. The zero-order valence-electron chi connectivity index (χ0n) is 15.6. The second-order valence-electron chi connectivity index (χ2n) is 6.03. The van der Waals surface area contributed by atoms with Crippen molar-refractivity contribution in [2.75, 3.05) is 23.1 Å². The quantitative estimate of drug-likeness (QED) is 0.393. The van der Waals surface area contributed by atoms with E-state index < -0.39 is 11.7 Å². The molecule has 154 valence electrons. The van der Waals surface area contributed by atoms with E-state index in [0.29, 0.717) is 32.9 Å². The highest BCUT2D eigenvalue weighted by atomic mass is 35.5. The zero-order chi connectivity index (χ0) is 21.7. The maximum atomic E-state index is 13.9. The van der Waals surface area contributed by atoms with Crippen molar-refractivity contribution in [2.45, 2.75) is 0 Å². The highest BCUT2D eigenvalue weighted by Crippen LogP contribution is 2.35. The Balaban J connectivity index is 1.74. The fourth-order valence-corrected chi connectivity index (χ4v) is 3.52. The average molecular weight is 464 g/mol. The Morgan fingerprint density at radius 1 is 0.933 bits per heavy atom. The molecule has 0 saturated carbocycles. The van der Waals surface area contributed by atoms with Crippen LogP contribution in [0.1, 0.15) is 10.4 Å². The lowest BCUT2D eigenvalue weighted by molar-refractivity contribution is 0.102. The third kappa shape index (κ3) is 5.18. The number of halogens is 3. The molecule has 30 heavy (non-hydrogen) atoms. The second-order valence-corrected chi connectivity index (χ2v) is 7.25. The number of nitrogens with one attached hydrogen (secondary N) is 3. The predicted octanol–water partition coefficient (Wildman–Crippen LogP) is 6.20. The van der Waals surface area contributed by atoms with Gasteiger partial charge in [-0.3, -0.25) is 4.79 Å². The van der Waals surface area contributed by atoms with Crippen LogP contribution in [0.25, 0.3) is 0 Å². The number of hydrogen-bond acceptors (Lipinski definition) is 3. The monoisotopic (exact) mass is 463 g/mol. The van der Waals surface area contributed by atoms with Gasteiger partial charge >= 0.3 is 0 Å². The van der Waals surface area contributed by atoms with Crippen LogP contribution >= 0.6 is 35.4 Å². The smallest absolute Gasteiger partial charge is 0.258 e. The first-order valence-electron chi connectivity index (χ1n) is 8.65.